The third-order valence-corrected chi connectivity index (χ3v) is 4.79. The van der Waals surface area contributed by atoms with E-state index in [0.29, 0.717) is 17.2 Å². The van der Waals surface area contributed by atoms with Crippen LogP contribution in [0.2, 0.25) is 0 Å². The molecule has 0 fully saturated rings. The summed E-state index contributed by atoms with van der Waals surface area (Å²) in [5, 5.41) is 5.52. The number of benzene rings is 3. The van der Waals surface area contributed by atoms with Crippen LogP contribution in [0, 0.1) is 6.92 Å². The van der Waals surface area contributed by atoms with Gasteiger partial charge in [-0.15, -0.1) is 0 Å². The average Bonchev–Trinajstić information content (AvgIpc) is 3.10. The van der Waals surface area contributed by atoms with Crippen LogP contribution >= 0.6 is 0 Å². The van der Waals surface area contributed by atoms with Crippen LogP contribution in [0.25, 0.3) is 6.08 Å². The first-order chi connectivity index (χ1) is 15.1. The molecule has 0 saturated heterocycles. The van der Waals surface area contributed by atoms with Crippen molar-refractivity contribution in [3.05, 3.63) is 107 Å². The molecule has 1 aliphatic heterocycles. The van der Waals surface area contributed by atoms with Crippen molar-refractivity contribution < 1.29 is 9.59 Å². The minimum absolute atomic E-state index is 0.00359. The van der Waals surface area contributed by atoms with E-state index >= 15 is 0 Å². The standard InChI is InChI=1S/C25H22N4O2/c1-18-12-14-21(15-13-18)27-25(31)26-17-29-23(20-10-6-3-7-11-20)28-22(24(29)30)16-19-8-4-2-5-9-19/h2-16H,17H2,1H3,(H2,26,27,31)/b22-16+. The van der Waals surface area contributed by atoms with Crippen LogP contribution in [-0.4, -0.2) is 29.3 Å². The second-order valence-corrected chi connectivity index (χ2v) is 7.13. The lowest BCUT2D eigenvalue weighted by atomic mass is 10.2. The van der Waals surface area contributed by atoms with E-state index in [4.69, 9.17) is 0 Å². The lowest BCUT2D eigenvalue weighted by Crippen LogP contribution is -2.43. The number of nitrogens with zero attached hydrogens (tertiary/aromatic N) is 2. The summed E-state index contributed by atoms with van der Waals surface area (Å²) in [4.78, 5) is 31.5. The highest BCUT2D eigenvalue weighted by molar-refractivity contribution is 6.19. The predicted octanol–water partition coefficient (Wildman–Crippen LogP) is 4.40. The highest BCUT2D eigenvalue weighted by Gasteiger charge is 2.31. The molecule has 0 spiro atoms. The highest BCUT2D eigenvalue weighted by Crippen LogP contribution is 2.21. The lowest BCUT2D eigenvalue weighted by molar-refractivity contribution is -0.122. The number of nitrogens with one attached hydrogen (secondary N) is 2. The average molecular weight is 410 g/mol. The zero-order valence-electron chi connectivity index (χ0n) is 17.1. The molecule has 3 aromatic rings. The van der Waals surface area contributed by atoms with Crippen molar-refractivity contribution in [1.29, 1.82) is 0 Å². The van der Waals surface area contributed by atoms with Crippen LogP contribution < -0.4 is 10.6 Å². The minimum atomic E-state index is -0.399. The summed E-state index contributed by atoms with van der Waals surface area (Å²) in [5.41, 5.74) is 3.79. The van der Waals surface area contributed by atoms with Crippen molar-refractivity contribution in [1.82, 2.24) is 10.2 Å². The third-order valence-electron chi connectivity index (χ3n) is 4.79. The monoisotopic (exact) mass is 410 g/mol. The molecule has 0 bridgehead atoms. The maximum Gasteiger partial charge on any atom is 0.320 e. The summed E-state index contributed by atoms with van der Waals surface area (Å²) >= 11 is 0. The number of hydrogen-bond acceptors (Lipinski definition) is 3. The molecule has 31 heavy (non-hydrogen) atoms. The number of aryl methyl sites for hydroxylation is 1. The van der Waals surface area contributed by atoms with Gasteiger partial charge in [-0.05, 0) is 30.7 Å². The fourth-order valence-electron chi connectivity index (χ4n) is 3.18. The topological polar surface area (TPSA) is 73.8 Å². The van der Waals surface area contributed by atoms with Crippen molar-refractivity contribution in [2.75, 3.05) is 12.0 Å². The first kappa shape index (κ1) is 20.1. The molecule has 3 aromatic carbocycles. The van der Waals surface area contributed by atoms with Gasteiger partial charge in [0.25, 0.3) is 5.91 Å². The minimum Gasteiger partial charge on any atom is -0.320 e. The molecule has 4 rings (SSSR count). The Hall–Kier alpha value is -4.19. The Kier molecular flexibility index (Phi) is 5.89. The molecule has 0 saturated carbocycles. The molecular formula is C25H22N4O2. The van der Waals surface area contributed by atoms with Gasteiger partial charge in [0.15, 0.2) is 0 Å². The van der Waals surface area contributed by atoms with Gasteiger partial charge in [-0.2, -0.15) is 0 Å². The first-order valence-corrected chi connectivity index (χ1v) is 9.94. The molecule has 0 unspecified atom stereocenters. The Labute approximate surface area is 180 Å². The molecule has 6 heteroatoms. The Morgan fingerprint density at radius 2 is 1.58 bits per heavy atom. The first-order valence-electron chi connectivity index (χ1n) is 9.94. The number of amidine groups is 1. The van der Waals surface area contributed by atoms with E-state index in [9.17, 15) is 9.59 Å². The van der Waals surface area contributed by atoms with Crippen molar-refractivity contribution in [3.63, 3.8) is 0 Å². The van der Waals surface area contributed by atoms with E-state index in [1.807, 2.05) is 91.9 Å². The molecule has 0 aliphatic carbocycles. The van der Waals surface area contributed by atoms with Gasteiger partial charge >= 0.3 is 6.03 Å². The van der Waals surface area contributed by atoms with Gasteiger partial charge < -0.3 is 10.6 Å². The van der Waals surface area contributed by atoms with Crippen LogP contribution in [-0.2, 0) is 4.79 Å². The Bertz CT molecular complexity index is 1140. The fourth-order valence-corrected chi connectivity index (χ4v) is 3.18. The van der Waals surface area contributed by atoms with Crippen LogP contribution in [0.15, 0.2) is 95.6 Å². The smallest absolute Gasteiger partial charge is 0.320 e. The van der Waals surface area contributed by atoms with Gasteiger partial charge in [-0.25, -0.2) is 9.79 Å². The Balaban J connectivity index is 1.52. The van der Waals surface area contributed by atoms with Gasteiger partial charge in [-0.1, -0.05) is 78.4 Å². The number of anilines is 1. The number of aliphatic imine (C=N–C) groups is 1. The van der Waals surface area contributed by atoms with E-state index in [1.165, 1.54) is 4.90 Å². The van der Waals surface area contributed by atoms with E-state index in [1.54, 1.807) is 6.08 Å². The van der Waals surface area contributed by atoms with Gasteiger partial charge in [0, 0.05) is 11.3 Å². The van der Waals surface area contributed by atoms with Gasteiger partial charge in [0.2, 0.25) is 0 Å². The molecule has 2 N–H and O–H groups in total. The lowest BCUT2D eigenvalue weighted by Gasteiger charge is -2.19. The van der Waals surface area contributed by atoms with Crippen molar-refractivity contribution in [2.24, 2.45) is 4.99 Å². The molecule has 154 valence electrons. The molecule has 0 atom stereocenters. The van der Waals surface area contributed by atoms with E-state index in [2.05, 4.69) is 15.6 Å². The summed E-state index contributed by atoms with van der Waals surface area (Å²) < 4.78 is 0. The second kappa shape index (κ2) is 9.09. The zero-order valence-corrected chi connectivity index (χ0v) is 17.1. The molecule has 0 aromatic heterocycles. The van der Waals surface area contributed by atoms with Crippen LogP contribution in [0.3, 0.4) is 0 Å². The summed E-state index contributed by atoms with van der Waals surface area (Å²) in [6.45, 7) is 1.98. The van der Waals surface area contributed by atoms with E-state index in [0.717, 1.165) is 16.7 Å². The number of carbonyl (C=O) groups is 2. The Morgan fingerprint density at radius 3 is 2.26 bits per heavy atom. The van der Waals surface area contributed by atoms with Crippen molar-refractivity contribution >= 4 is 29.5 Å². The van der Waals surface area contributed by atoms with E-state index in [-0.39, 0.29) is 12.6 Å². The second-order valence-electron chi connectivity index (χ2n) is 7.13. The third kappa shape index (κ3) is 4.87. The van der Waals surface area contributed by atoms with Gasteiger partial charge in [0.1, 0.15) is 18.2 Å². The summed E-state index contributed by atoms with van der Waals surface area (Å²) in [6, 6.07) is 26.1. The largest absolute Gasteiger partial charge is 0.320 e. The molecule has 0 radical (unpaired) electrons. The SMILES string of the molecule is Cc1ccc(NC(=O)NCN2C(=O)/C(=C\c3ccccc3)N=C2c2ccccc2)cc1. The number of rotatable bonds is 5. The summed E-state index contributed by atoms with van der Waals surface area (Å²) in [6.07, 6.45) is 1.75. The van der Waals surface area contributed by atoms with Crippen LogP contribution in [0.4, 0.5) is 10.5 Å². The highest BCUT2D eigenvalue weighted by atomic mass is 16.2. The fraction of sp³-hybridized carbons (Fsp3) is 0.0800. The normalized spacial score (nSPS) is 14.5. The van der Waals surface area contributed by atoms with Gasteiger partial charge in [0.05, 0.1) is 0 Å². The number of amides is 3. The number of hydrogen-bond donors (Lipinski definition) is 2. The zero-order chi connectivity index (χ0) is 21.6. The van der Waals surface area contributed by atoms with E-state index < -0.39 is 6.03 Å². The summed E-state index contributed by atoms with van der Waals surface area (Å²) in [5.74, 6) is 0.238. The molecule has 1 aliphatic rings. The molecule has 6 nitrogen and oxygen atoms in total. The van der Waals surface area contributed by atoms with Crippen molar-refractivity contribution in [3.8, 4) is 0 Å². The maximum absolute atomic E-state index is 13.1. The van der Waals surface area contributed by atoms with Gasteiger partial charge in [-0.3, -0.25) is 9.69 Å². The Morgan fingerprint density at radius 1 is 0.935 bits per heavy atom. The quantitative estimate of drug-likeness (QED) is 0.612. The van der Waals surface area contributed by atoms with Crippen molar-refractivity contribution in [2.45, 2.75) is 6.92 Å². The van der Waals surface area contributed by atoms with Crippen LogP contribution in [0.1, 0.15) is 16.7 Å². The maximum atomic E-state index is 13.1. The molecular weight excluding hydrogens is 388 g/mol. The molecule has 3 amide bonds. The predicted molar refractivity (Wildman–Crippen MR) is 122 cm³/mol. The number of carbonyl (C=O) groups excluding carboxylic acids is 2. The van der Waals surface area contributed by atoms with Crippen LogP contribution in [0.5, 0.6) is 0 Å². The number of urea groups is 1. The molecule has 1 heterocycles. The summed E-state index contributed by atoms with van der Waals surface area (Å²) in [7, 11) is 0.